The summed E-state index contributed by atoms with van der Waals surface area (Å²) in [6.07, 6.45) is 3.45. The Morgan fingerprint density at radius 2 is 1.88 bits per heavy atom. The highest BCUT2D eigenvalue weighted by Crippen LogP contribution is 2.43. The van der Waals surface area contributed by atoms with Crippen molar-refractivity contribution in [2.75, 3.05) is 13.1 Å². The van der Waals surface area contributed by atoms with Gasteiger partial charge in [0.15, 0.2) is 0 Å². The lowest BCUT2D eigenvalue weighted by atomic mass is 9.65. The van der Waals surface area contributed by atoms with Gasteiger partial charge in [-0.05, 0) is 53.9 Å². The topological polar surface area (TPSA) is 23.5 Å². The first-order valence-electron chi connectivity index (χ1n) is 9.60. The Labute approximate surface area is 152 Å². The van der Waals surface area contributed by atoms with E-state index in [1.807, 2.05) is 12.1 Å². The SMILES string of the molecule is CC[C@@H]1C[C@@](C)(c2cccc(O)c2)[C@@H](C)CN1CCc1ccccc1. The van der Waals surface area contributed by atoms with Gasteiger partial charge in [0.25, 0.3) is 0 Å². The minimum atomic E-state index is 0.128. The van der Waals surface area contributed by atoms with Crippen LogP contribution >= 0.6 is 0 Å². The molecule has 2 nitrogen and oxygen atoms in total. The molecular weight excluding hydrogens is 306 g/mol. The van der Waals surface area contributed by atoms with E-state index in [0.29, 0.717) is 17.7 Å². The van der Waals surface area contributed by atoms with E-state index >= 15 is 0 Å². The average Bonchev–Trinajstić information content (AvgIpc) is 2.63. The molecule has 0 bridgehead atoms. The number of phenols is 1. The van der Waals surface area contributed by atoms with E-state index in [4.69, 9.17) is 0 Å². The summed E-state index contributed by atoms with van der Waals surface area (Å²) in [7, 11) is 0. The molecule has 3 atom stereocenters. The van der Waals surface area contributed by atoms with Gasteiger partial charge in [-0.25, -0.2) is 0 Å². The first kappa shape index (κ1) is 18.0. The summed E-state index contributed by atoms with van der Waals surface area (Å²) < 4.78 is 0. The number of likely N-dealkylation sites (tertiary alicyclic amines) is 1. The lowest BCUT2D eigenvalue weighted by molar-refractivity contribution is 0.0533. The number of nitrogens with zero attached hydrogens (tertiary/aromatic N) is 1. The fraction of sp³-hybridized carbons (Fsp3) is 0.478. The van der Waals surface area contributed by atoms with Crippen molar-refractivity contribution in [1.29, 1.82) is 0 Å². The summed E-state index contributed by atoms with van der Waals surface area (Å²) in [4.78, 5) is 2.68. The zero-order chi connectivity index (χ0) is 17.9. The maximum absolute atomic E-state index is 9.92. The Kier molecular flexibility index (Phi) is 5.48. The molecule has 0 spiro atoms. The molecule has 0 saturated carbocycles. The van der Waals surface area contributed by atoms with Crippen LogP contribution < -0.4 is 0 Å². The third kappa shape index (κ3) is 3.90. The van der Waals surface area contributed by atoms with Gasteiger partial charge in [-0.2, -0.15) is 0 Å². The predicted molar refractivity (Wildman–Crippen MR) is 105 cm³/mol. The number of rotatable bonds is 5. The van der Waals surface area contributed by atoms with Crippen LogP contribution in [0.5, 0.6) is 5.75 Å². The van der Waals surface area contributed by atoms with Crippen molar-refractivity contribution in [3.8, 4) is 5.75 Å². The van der Waals surface area contributed by atoms with E-state index in [1.165, 1.54) is 17.5 Å². The molecule has 3 rings (SSSR count). The van der Waals surface area contributed by atoms with Crippen LogP contribution in [0.25, 0.3) is 0 Å². The molecule has 134 valence electrons. The van der Waals surface area contributed by atoms with Crippen molar-refractivity contribution in [3.63, 3.8) is 0 Å². The molecule has 0 amide bonds. The molecule has 1 saturated heterocycles. The normalized spacial score (nSPS) is 27.3. The number of benzene rings is 2. The third-order valence-electron chi connectivity index (χ3n) is 6.28. The Bertz CT molecular complexity index is 684. The third-order valence-corrected chi connectivity index (χ3v) is 6.28. The second-order valence-corrected chi connectivity index (χ2v) is 7.87. The van der Waals surface area contributed by atoms with Crippen molar-refractivity contribution in [3.05, 3.63) is 65.7 Å². The van der Waals surface area contributed by atoms with E-state index in [1.54, 1.807) is 6.07 Å². The quantitative estimate of drug-likeness (QED) is 0.829. The molecule has 2 aromatic carbocycles. The van der Waals surface area contributed by atoms with Gasteiger partial charge in [-0.3, -0.25) is 4.90 Å². The highest BCUT2D eigenvalue weighted by atomic mass is 16.3. The van der Waals surface area contributed by atoms with Crippen LogP contribution in [0.2, 0.25) is 0 Å². The van der Waals surface area contributed by atoms with Crippen LogP contribution in [0.3, 0.4) is 0 Å². The van der Waals surface area contributed by atoms with Crippen molar-refractivity contribution in [2.45, 2.75) is 51.5 Å². The molecule has 1 fully saturated rings. The summed E-state index contributed by atoms with van der Waals surface area (Å²) >= 11 is 0. The van der Waals surface area contributed by atoms with E-state index in [2.05, 4.69) is 62.1 Å². The van der Waals surface area contributed by atoms with Crippen LogP contribution in [0.15, 0.2) is 54.6 Å². The fourth-order valence-electron chi connectivity index (χ4n) is 4.38. The zero-order valence-corrected chi connectivity index (χ0v) is 15.8. The monoisotopic (exact) mass is 337 g/mol. The summed E-state index contributed by atoms with van der Waals surface area (Å²) in [6.45, 7) is 9.30. The van der Waals surface area contributed by atoms with E-state index in [0.717, 1.165) is 25.9 Å². The molecule has 0 aromatic heterocycles. The summed E-state index contributed by atoms with van der Waals surface area (Å²) in [5.41, 5.74) is 2.83. The van der Waals surface area contributed by atoms with Crippen molar-refractivity contribution >= 4 is 0 Å². The number of phenolic OH excluding ortho intramolecular Hbond substituents is 1. The van der Waals surface area contributed by atoms with Crippen LogP contribution in [0, 0.1) is 5.92 Å². The van der Waals surface area contributed by atoms with Gasteiger partial charge in [0.05, 0.1) is 0 Å². The minimum absolute atomic E-state index is 0.128. The van der Waals surface area contributed by atoms with E-state index in [9.17, 15) is 5.11 Å². The molecule has 1 N–H and O–H groups in total. The molecule has 0 unspecified atom stereocenters. The van der Waals surface area contributed by atoms with Crippen LogP contribution in [-0.2, 0) is 11.8 Å². The first-order chi connectivity index (χ1) is 12.0. The Hall–Kier alpha value is -1.80. The van der Waals surface area contributed by atoms with Gasteiger partial charge in [0, 0.05) is 19.1 Å². The maximum Gasteiger partial charge on any atom is 0.115 e. The van der Waals surface area contributed by atoms with Crippen molar-refractivity contribution in [2.24, 2.45) is 5.92 Å². The zero-order valence-electron chi connectivity index (χ0n) is 15.8. The molecule has 1 heterocycles. The predicted octanol–water partition coefficient (Wildman–Crippen LogP) is 5.01. The van der Waals surface area contributed by atoms with Gasteiger partial charge in [0.1, 0.15) is 5.75 Å². The van der Waals surface area contributed by atoms with E-state index in [-0.39, 0.29) is 5.41 Å². The van der Waals surface area contributed by atoms with Gasteiger partial charge in [0.2, 0.25) is 0 Å². The first-order valence-corrected chi connectivity index (χ1v) is 9.60. The lowest BCUT2D eigenvalue weighted by Gasteiger charge is -2.49. The number of hydrogen-bond acceptors (Lipinski definition) is 2. The maximum atomic E-state index is 9.92. The van der Waals surface area contributed by atoms with Crippen LogP contribution in [-0.4, -0.2) is 29.1 Å². The average molecular weight is 338 g/mol. The lowest BCUT2D eigenvalue weighted by Crippen LogP contribution is -2.53. The smallest absolute Gasteiger partial charge is 0.115 e. The second kappa shape index (κ2) is 7.61. The number of aromatic hydroxyl groups is 1. The second-order valence-electron chi connectivity index (χ2n) is 7.87. The largest absolute Gasteiger partial charge is 0.508 e. The van der Waals surface area contributed by atoms with Gasteiger partial charge >= 0.3 is 0 Å². The molecule has 2 heteroatoms. The Balaban J connectivity index is 1.74. The summed E-state index contributed by atoms with van der Waals surface area (Å²) in [5, 5.41) is 9.92. The molecule has 0 radical (unpaired) electrons. The highest BCUT2D eigenvalue weighted by molar-refractivity contribution is 5.34. The van der Waals surface area contributed by atoms with Gasteiger partial charge in [-0.15, -0.1) is 0 Å². The molecule has 1 aliphatic heterocycles. The highest BCUT2D eigenvalue weighted by Gasteiger charge is 2.41. The molecule has 25 heavy (non-hydrogen) atoms. The molecular formula is C23H31NO. The van der Waals surface area contributed by atoms with Crippen LogP contribution in [0.1, 0.15) is 44.7 Å². The Morgan fingerprint density at radius 3 is 2.56 bits per heavy atom. The molecule has 2 aromatic rings. The summed E-state index contributed by atoms with van der Waals surface area (Å²) in [6, 6.07) is 19.3. The Morgan fingerprint density at radius 1 is 1.12 bits per heavy atom. The standard InChI is InChI=1S/C23H31NO/c1-4-21-16-23(3,20-11-8-12-22(25)15-20)18(2)17-24(21)14-13-19-9-6-5-7-10-19/h5-12,15,18,21,25H,4,13-14,16-17H2,1-3H3/t18-,21+,23+/m0/s1. The fourth-order valence-corrected chi connectivity index (χ4v) is 4.38. The van der Waals surface area contributed by atoms with Crippen molar-refractivity contribution in [1.82, 2.24) is 4.90 Å². The van der Waals surface area contributed by atoms with E-state index < -0.39 is 0 Å². The molecule has 1 aliphatic rings. The van der Waals surface area contributed by atoms with Crippen LogP contribution in [0.4, 0.5) is 0 Å². The summed E-state index contributed by atoms with van der Waals surface area (Å²) in [5.74, 6) is 0.943. The van der Waals surface area contributed by atoms with Gasteiger partial charge < -0.3 is 5.11 Å². The number of hydrogen-bond donors (Lipinski definition) is 1. The molecule has 0 aliphatic carbocycles. The minimum Gasteiger partial charge on any atom is -0.508 e. The van der Waals surface area contributed by atoms with Crippen molar-refractivity contribution < 1.29 is 5.11 Å². The number of piperidine rings is 1. The van der Waals surface area contributed by atoms with Gasteiger partial charge in [-0.1, -0.05) is 63.2 Å².